The van der Waals surface area contributed by atoms with Gasteiger partial charge in [0.2, 0.25) is 0 Å². The van der Waals surface area contributed by atoms with Crippen LogP contribution in [0.3, 0.4) is 0 Å². The van der Waals surface area contributed by atoms with E-state index in [4.69, 9.17) is 8.83 Å². The van der Waals surface area contributed by atoms with E-state index in [0.717, 1.165) is 156 Å². The molecule has 20 rings (SSSR count). The minimum absolute atomic E-state index is 0.258. The van der Waals surface area contributed by atoms with Gasteiger partial charge in [-0.3, -0.25) is 0 Å². The Hall–Kier alpha value is -12.2. The van der Waals surface area contributed by atoms with Crippen LogP contribution in [-0.2, 0) is 0 Å². The van der Waals surface area contributed by atoms with Crippen molar-refractivity contribution in [2.45, 2.75) is 50.9 Å². The van der Waals surface area contributed by atoms with E-state index in [1.54, 1.807) is 0 Å². The number of fused-ring (bicyclic) bond motifs is 10. The zero-order valence-electron chi connectivity index (χ0n) is 56.0. The van der Waals surface area contributed by atoms with Gasteiger partial charge in [-0.2, -0.15) is 0 Å². The lowest BCUT2D eigenvalue weighted by molar-refractivity contribution is 0.668. The van der Waals surface area contributed by atoms with Crippen LogP contribution < -0.4 is 26.2 Å². The number of hydrogen-bond acceptors (Lipinski definition) is 4. The van der Waals surface area contributed by atoms with Gasteiger partial charge in [-0.15, -0.1) is 0 Å². The average Bonchev–Trinajstić information content (AvgIpc) is 1.56. The number of hydrogen-bond donors (Lipinski definition) is 0. The Balaban J connectivity index is 0.942. The molecule has 0 bridgehead atoms. The summed E-state index contributed by atoms with van der Waals surface area (Å²) in [6.45, 7) is -0.284. The highest BCUT2D eigenvalue weighted by Gasteiger charge is 2.46. The van der Waals surface area contributed by atoms with E-state index in [1.165, 1.54) is 77.6 Å². The lowest BCUT2D eigenvalue weighted by Crippen LogP contribution is -2.61. The summed E-state index contributed by atoms with van der Waals surface area (Å²) < 4.78 is 14.3. The van der Waals surface area contributed by atoms with Crippen LogP contribution in [0.15, 0.2) is 348 Å². The molecular formula is C96H69BN2O2. The second kappa shape index (κ2) is 24.4. The molecule has 2 aliphatic heterocycles. The molecule has 4 heterocycles. The third kappa shape index (κ3) is 10.0. The molecule has 1 unspecified atom stereocenters. The summed E-state index contributed by atoms with van der Waals surface area (Å²) in [5.41, 5.74) is 34.4. The molecule has 0 saturated heterocycles. The third-order valence-corrected chi connectivity index (χ3v) is 22.0. The van der Waals surface area contributed by atoms with Crippen LogP contribution in [0.1, 0.15) is 73.1 Å². The Bertz CT molecular complexity index is 6010. The number of nitrogens with zero attached hydrogens (tertiary/aromatic N) is 2. The number of rotatable bonds is 11. The molecule has 2 aromatic heterocycles. The van der Waals surface area contributed by atoms with Crippen molar-refractivity contribution in [1.82, 2.24) is 0 Å². The average molecular weight is 1290 g/mol. The van der Waals surface area contributed by atoms with Crippen LogP contribution >= 0.6 is 0 Å². The fourth-order valence-corrected chi connectivity index (χ4v) is 17.2. The molecule has 0 N–H and O–H groups in total. The predicted octanol–water partition coefficient (Wildman–Crippen LogP) is 24.5. The summed E-state index contributed by atoms with van der Waals surface area (Å²) in [4.78, 5) is 5.38. The van der Waals surface area contributed by atoms with E-state index in [0.29, 0.717) is 0 Å². The highest BCUT2D eigenvalue weighted by Crippen LogP contribution is 2.55. The van der Waals surface area contributed by atoms with Gasteiger partial charge in [0.1, 0.15) is 22.3 Å². The summed E-state index contributed by atoms with van der Waals surface area (Å²) in [6, 6.07) is 97.8. The Labute approximate surface area is 589 Å². The van der Waals surface area contributed by atoms with Gasteiger partial charge in [0.25, 0.3) is 6.71 Å². The predicted molar refractivity (Wildman–Crippen MR) is 426 cm³/mol. The van der Waals surface area contributed by atoms with Gasteiger partial charge in [0.15, 0.2) is 0 Å². The maximum absolute atomic E-state index is 7.15. The van der Waals surface area contributed by atoms with Gasteiger partial charge >= 0.3 is 0 Å². The van der Waals surface area contributed by atoms with E-state index >= 15 is 0 Å². The molecule has 14 aromatic rings. The van der Waals surface area contributed by atoms with Crippen LogP contribution in [0.4, 0.5) is 34.1 Å². The number of allylic oxidation sites excluding steroid dienone is 16. The summed E-state index contributed by atoms with van der Waals surface area (Å²) in [6.07, 6.45) is 32.6. The van der Waals surface area contributed by atoms with Gasteiger partial charge in [0.05, 0.1) is 11.4 Å². The quantitative estimate of drug-likeness (QED) is 0.121. The molecule has 5 heteroatoms. The van der Waals surface area contributed by atoms with E-state index < -0.39 is 0 Å². The smallest absolute Gasteiger partial charge is 0.252 e. The van der Waals surface area contributed by atoms with Gasteiger partial charge in [-0.25, -0.2) is 0 Å². The number of anilines is 6. The zero-order chi connectivity index (χ0) is 66.5. The molecule has 1 atom stereocenters. The van der Waals surface area contributed by atoms with Crippen molar-refractivity contribution in [3.8, 4) is 44.5 Å². The van der Waals surface area contributed by atoms with E-state index in [9.17, 15) is 0 Å². The maximum atomic E-state index is 7.15. The molecule has 0 saturated carbocycles. The summed E-state index contributed by atoms with van der Waals surface area (Å²) >= 11 is 0. The molecule has 0 amide bonds. The molecule has 101 heavy (non-hydrogen) atoms. The first kappa shape index (κ1) is 58.9. The summed E-state index contributed by atoms with van der Waals surface area (Å²) in [5, 5.41) is 4.37. The van der Waals surface area contributed by atoms with Crippen molar-refractivity contribution in [2.75, 3.05) is 9.80 Å². The fraction of sp³-hybridized carbons (Fsp3) is 0.0833. The van der Waals surface area contributed by atoms with Crippen LogP contribution in [0.25, 0.3) is 105 Å². The minimum Gasteiger partial charge on any atom is -0.456 e. The normalized spacial score (nSPS) is 16.1. The molecule has 0 radical (unpaired) electrons. The zero-order valence-corrected chi connectivity index (χ0v) is 56.0. The van der Waals surface area contributed by atoms with Crippen molar-refractivity contribution in [3.05, 3.63) is 361 Å². The Morgan fingerprint density at radius 2 is 0.861 bits per heavy atom. The minimum atomic E-state index is -0.284. The standard InChI is InChI=1S/C96H69BN2O2/c1-6-26-62(27-7-1)67-36-20-40-71(52-67)76-46-24-47-77(72-41-21-37-68(53-72)63-28-8-2-9-29-63)95(76)98-86-60-92-82(80-44-16-18-50-90(80)100-92)58-84(86)97-85-59-83-81-45-17-19-51-91(81)101-93(83)61-87(85)99(89-57-75(56-88(98)94(89)97)66-34-14-5-15-35-66)96-78(73-42-22-38-69(54-73)64-30-10-3-11-31-64)48-25-49-79(96)74-43-23-39-70(55-74)65-32-12-4-13-33-65/h1-12,14-20,22,24-30,32,34-36,38-42,44-61,64H,13,21,23,31,33,37,43H2. The Morgan fingerprint density at radius 1 is 0.337 bits per heavy atom. The van der Waals surface area contributed by atoms with Gasteiger partial charge < -0.3 is 18.6 Å². The fourth-order valence-electron chi connectivity index (χ4n) is 17.2. The van der Waals surface area contributed by atoms with Crippen molar-refractivity contribution < 1.29 is 8.83 Å². The van der Waals surface area contributed by atoms with Crippen LogP contribution in [0.2, 0.25) is 0 Å². The first-order valence-electron chi connectivity index (χ1n) is 35.9. The topological polar surface area (TPSA) is 32.8 Å². The monoisotopic (exact) mass is 1290 g/mol. The lowest BCUT2D eigenvalue weighted by atomic mass is 9.33. The molecule has 0 fully saturated rings. The largest absolute Gasteiger partial charge is 0.456 e. The number of furan rings is 2. The molecule has 4 aliphatic carbocycles. The molecule has 12 aromatic carbocycles. The molecule has 478 valence electrons. The van der Waals surface area contributed by atoms with Gasteiger partial charge in [-0.1, -0.05) is 285 Å². The third-order valence-electron chi connectivity index (χ3n) is 22.0. The van der Waals surface area contributed by atoms with E-state index in [-0.39, 0.29) is 12.6 Å². The highest BCUT2D eigenvalue weighted by atomic mass is 16.3. The Morgan fingerprint density at radius 3 is 1.50 bits per heavy atom. The van der Waals surface area contributed by atoms with Crippen molar-refractivity contribution in [1.29, 1.82) is 0 Å². The van der Waals surface area contributed by atoms with Crippen LogP contribution in [-0.4, -0.2) is 6.71 Å². The van der Waals surface area contributed by atoms with Gasteiger partial charge in [0, 0.05) is 84.6 Å². The van der Waals surface area contributed by atoms with Crippen molar-refractivity contribution >= 4 is 118 Å². The SMILES string of the molecule is C1=CCCC(C2=CCCC(c3cccc(-c4cccc(C5C=CC=CC5)c4)c3N3c4cc5oc6ccccc6c5cc4B4c5cc6c(cc5N(c5c(C7=CCCC(c8ccccc8)=C7)cccc5-c5cccc(-c7ccccc7)c5)c5cc(-c7ccccc7)cc3c54)oc3ccccc36)=C2)=C1. The second-order valence-corrected chi connectivity index (χ2v) is 27.8. The van der Waals surface area contributed by atoms with Gasteiger partial charge in [-0.05, 0) is 164 Å². The molecular weight excluding hydrogens is 1220 g/mol. The van der Waals surface area contributed by atoms with Crippen molar-refractivity contribution in [3.63, 3.8) is 0 Å². The summed E-state index contributed by atoms with van der Waals surface area (Å²) in [5.74, 6) is 0.258. The molecule has 4 nitrogen and oxygen atoms in total. The maximum Gasteiger partial charge on any atom is 0.252 e. The van der Waals surface area contributed by atoms with Crippen molar-refractivity contribution in [2.24, 2.45) is 0 Å². The highest BCUT2D eigenvalue weighted by molar-refractivity contribution is 7.00. The molecule has 6 aliphatic rings. The van der Waals surface area contributed by atoms with E-state index in [2.05, 4.69) is 337 Å². The van der Waals surface area contributed by atoms with Crippen LogP contribution in [0.5, 0.6) is 0 Å². The molecule has 0 spiro atoms. The first-order valence-corrected chi connectivity index (χ1v) is 35.9. The Kier molecular flexibility index (Phi) is 14.2. The van der Waals surface area contributed by atoms with Crippen LogP contribution in [0, 0.1) is 0 Å². The number of para-hydroxylation sites is 4. The number of benzene rings is 12. The first-order chi connectivity index (χ1) is 50.1. The second-order valence-electron chi connectivity index (χ2n) is 27.8. The van der Waals surface area contributed by atoms with E-state index in [1.807, 2.05) is 0 Å². The lowest BCUT2D eigenvalue weighted by Gasteiger charge is -2.46. The summed E-state index contributed by atoms with van der Waals surface area (Å²) in [7, 11) is 0.